The van der Waals surface area contributed by atoms with Gasteiger partial charge in [-0.3, -0.25) is 0 Å². The number of hydrogen-bond donors (Lipinski definition) is 1. The van der Waals surface area contributed by atoms with E-state index in [1.165, 1.54) is 23.1 Å². The van der Waals surface area contributed by atoms with Gasteiger partial charge in [-0.2, -0.15) is 0 Å². The summed E-state index contributed by atoms with van der Waals surface area (Å²) in [6, 6.07) is 6.87. The van der Waals surface area contributed by atoms with Crippen LogP contribution in [0.1, 0.15) is 37.0 Å². The molecule has 90 valence electrons. The van der Waals surface area contributed by atoms with E-state index in [1.54, 1.807) is 0 Å². The van der Waals surface area contributed by atoms with Crippen molar-refractivity contribution in [1.29, 1.82) is 0 Å². The van der Waals surface area contributed by atoms with Gasteiger partial charge in [0, 0.05) is 6.54 Å². The normalized spacial score (nSPS) is 14.8. The molecule has 0 saturated heterocycles. The zero-order valence-corrected chi connectivity index (χ0v) is 11.4. The quantitative estimate of drug-likeness (QED) is 0.799. The van der Waals surface area contributed by atoms with Crippen molar-refractivity contribution < 1.29 is 0 Å². The summed E-state index contributed by atoms with van der Waals surface area (Å²) < 4.78 is 0. The summed E-state index contributed by atoms with van der Waals surface area (Å²) in [4.78, 5) is 0. The second-order valence-electron chi connectivity index (χ2n) is 5.37. The summed E-state index contributed by atoms with van der Waals surface area (Å²) in [7, 11) is 2.04. The highest BCUT2D eigenvalue weighted by atomic mass is 14.8. The first-order chi connectivity index (χ1) is 7.49. The van der Waals surface area contributed by atoms with Crippen LogP contribution in [0.3, 0.4) is 0 Å². The van der Waals surface area contributed by atoms with Crippen LogP contribution in [-0.2, 0) is 6.42 Å². The van der Waals surface area contributed by atoms with Crippen molar-refractivity contribution >= 4 is 0 Å². The predicted octanol–water partition coefficient (Wildman–Crippen LogP) is 3.48. The van der Waals surface area contributed by atoms with Crippen LogP contribution in [0, 0.1) is 19.3 Å². The Morgan fingerprint density at radius 3 is 2.12 bits per heavy atom. The number of rotatable bonds is 5. The number of aryl methyl sites for hydroxylation is 2. The molecule has 0 fully saturated rings. The van der Waals surface area contributed by atoms with Gasteiger partial charge in [-0.05, 0) is 44.7 Å². The molecular formula is C15H25N. The molecule has 1 heteroatoms. The van der Waals surface area contributed by atoms with Crippen LogP contribution in [0.15, 0.2) is 18.2 Å². The molecule has 0 aliphatic carbocycles. The Bertz CT molecular complexity index is 323. The molecule has 0 heterocycles. The first-order valence-corrected chi connectivity index (χ1v) is 6.21. The minimum atomic E-state index is 0.370. The summed E-state index contributed by atoms with van der Waals surface area (Å²) in [5, 5.41) is 3.31. The van der Waals surface area contributed by atoms with Gasteiger partial charge in [0.15, 0.2) is 0 Å². The van der Waals surface area contributed by atoms with Gasteiger partial charge in [-0.15, -0.1) is 0 Å². The lowest BCUT2D eigenvalue weighted by molar-refractivity contribution is 0.299. The highest BCUT2D eigenvalue weighted by molar-refractivity contribution is 5.29. The molecule has 1 nitrogen and oxygen atoms in total. The first kappa shape index (κ1) is 13.2. The lowest BCUT2D eigenvalue weighted by Gasteiger charge is -2.28. The van der Waals surface area contributed by atoms with Crippen molar-refractivity contribution in [2.75, 3.05) is 13.6 Å². The molecular weight excluding hydrogens is 194 g/mol. The van der Waals surface area contributed by atoms with Crippen LogP contribution >= 0.6 is 0 Å². The summed E-state index contributed by atoms with van der Waals surface area (Å²) in [5.74, 6) is 0. The molecule has 1 rings (SSSR count). The molecule has 0 saturated carbocycles. The van der Waals surface area contributed by atoms with E-state index in [2.05, 4.69) is 51.2 Å². The van der Waals surface area contributed by atoms with E-state index in [4.69, 9.17) is 0 Å². The maximum absolute atomic E-state index is 3.31. The molecule has 1 atom stereocenters. The van der Waals surface area contributed by atoms with Gasteiger partial charge in [0.05, 0.1) is 0 Å². The van der Waals surface area contributed by atoms with Gasteiger partial charge < -0.3 is 5.32 Å². The lowest BCUT2D eigenvalue weighted by Crippen LogP contribution is -2.31. The fourth-order valence-electron chi connectivity index (χ4n) is 2.40. The maximum atomic E-state index is 3.31. The zero-order valence-electron chi connectivity index (χ0n) is 11.4. The first-order valence-electron chi connectivity index (χ1n) is 6.21. The Balaban J connectivity index is 2.85. The average Bonchev–Trinajstić information content (AvgIpc) is 2.16. The topological polar surface area (TPSA) is 12.0 Å². The van der Waals surface area contributed by atoms with Crippen molar-refractivity contribution in [3.8, 4) is 0 Å². The highest BCUT2D eigenvalue weighted by Gasteiger charge is 2.21. The number of nitrogens with one attached hydrogen (secondary N) is 1. The summed E-state index contributed by atoms with van der Waals surface area (Å²) in [6.07, 6.45) is 2.37. The minimum Gasteiger partial charge on any atom is -0.319 e. The summed E-state index contributed by atoms with van der Waals surface area (Å²) >= 11 is 0. The average molecular weight is 219 g/mol. The van der Waals surface area contributed by atoms with Crippen LogP contribution in [0.5, 0.6) is 0 Å². The minimum absolute atomic E-state index is 0.370. The second kappa shape index (κ2) is 5.49. The van der Waals surface area contributed by atoms with E-state index in [-0.39, 0.29) is 0 Å². The van der Waals surface area contributed by atoms with Gasteiger partial charge in [-0.1, -0.05) is 43.2 Å². The van der Waals surface area contributed by atoms with Crippen LogP contribution in [-0.4, -0.2) is 13.6 Å². The van der Waals surface area contributed by atoms with Crippen molar-refractivity contribution in [2.45, 2.75) is 40.5 Å². The van der Waals surface area contributed by atoms with E-state index >= 15 is 0 Å². The molecule has 1 aromatic rings. The van der Waals surface area contributed by atoms with Gasteiger partial charge in [-0.25, -0.2) is 0 Å². The molecule has 0 aromatic heterocycles. The number of benzene rings is 1. The second-order valence-corrected chi connectivity index (χ2v) is 5.37. The van der Waals surface area contributed by atoms with E-state index in [9.17, 15) is 0 Å². The number of hydrogen-bond acceptors (Lipinski definition) is 1. The lowest BCUT2D eigenvalue weighted by atomic mass is 9.80. The molecule has 1 aromatic carbocycles. The Labute approximate surface area is 100 Å². The van der Waals surface area contributed by atoms with E-state index in [0.29, 0.717) is 5.41 Å². The molecule has 1 unspecified atom stereocenters. The van der Waals surface area contributed by atoms with Crippen LogP contribution in [0.25, 0.3) is 0 Å². The standard InChI is InChI=1S/C15H25N/c1-6-15(4,11-16-5)10-14-8-12(2)7-13(3)9-14/h7-9,16H,6,10-11H2,1-5H3. The molecule has 16 heavy (non-hydrogen) atoms. The van der Waals surface area contributed by atoms with E-state index in [1.807, 2.05) is 7.05 Å². The maximum Gasteiger partial charge on any atom is 0.000524 e. The van der Waals surface area contributed by atoms with Crippen molar-refractivity contribution in [3.63, 3.8) is 0 Å². The van der Waals surface area contributed by atoms with Crippen LogP contribution < -0.4 is 5.32 Å². The zero-order chi connectivity index (χ0) is 12.2. The third kappa shape index (κ3) is 3.64. The third-order valence-electron chi connectivity index (χ3n) is 3.37. The predicted molar refractivity (Wildman–Crippen MR) is 71.9 cm³/mol. The smallest absolute Gasteiger partial charge is 0.000524 e. The van der Waals surface area contributed by atoms with Crippen molar-refractivity contribution in [1.82, 2.24) is 5.32 Å². The molecule has 0 aliphatic rings. The fraction of sp³-hybridized carbons (Fsp3) is 0.600. The third-order valence-corrected chi connectivity index (χ3v) is 3.37. The van der Waals surface area contributed by atoms with Gasteiger partial charge in [0.2, 0.25) is 0 Å². The fourth-order valence-corrected chi connectivity index (χ4v) is 2.40. The van der Waals surface area contributed by atoms with Gasteiger partial charge in [0.1, 0.15) is 0 Å². The van der Waals surface area contributed by atoms with E-state index < -0.39 is 0 Å². The van der Waals surface area contributed by atoms with Crippen LogP contribution in [0.2, 0.25) is 0 Å². The van der Waals surface area contributed by atoms with Crippen molar-refractivity contribution in [2.24, 2.45) is 5.41 Å². The molecule has 0 amide bonds. The summed E-state index contributed by atoms with van der Waals surface area (Å²) in [6.45, 7) is 10.1. The monoisotopic (exact) mass is 219 g/mol. The molecule has 0 bridgehead atoms. The Kier molecular flexibility index (Phi) is 4.55. The Morgan fingerprint density at radius 1 is 1.12 bits per heavy atom. The largest absolute Gasteiger partial charge is 0.319 e. The van der Waals surface area contributed by atoms with Gasteiger partial charge in [0.25, 0.3) is 0 Å². The molecule has 1 N–H and O–H groups in total. The SMILES string of the molecule is CCC(C)(CNC)Cc1cc(C)cc(C)c1. The Hall–Kier alpha value is -0.820. The Morgan fingerprint density at radius 2 is 1.69 bits per heavy atom. The van der Waals surface area contributed by atoms with Crippen LogP contribution in [0.4, 0.5) is 0 Å². The molecule has 0 spiro atoms. The van der Waals surface area contributed by atoms with Crippen molar-refractivity contribution in [3.05, 3.63) is 34.9 Å². The van der Waals surface area contributed by atoms with Gasteiger partial charge >= 0.3 is 0 Å². The summed E-state index contributed by atoms with van der Waals surface area (Å²) in [5.41, 5.74) is 4.59. The van der Waals surface area contributed by atoms with E-state index in [0.717, 1.165) is 13.0 Å². The molecule has 0 radical (unpaired) electrons. The highest BCUT2D eigenvalue weighted by Crippen LogP contribution is 2.26. The molecule has 0 aliphatic heterocycles.